The first-order valence-corrected chi connectivity index (χ1v) is 15.7. The van der Waals surface area contributed by atoms with Gasteiger partial charge in [0.05, 0.1) is 29.9 Å². The molecule has 1 fully saturated rings. The molecule has 0 bridgehead atoms. The summed E-state index contributed by atoms with van der Waals surface area (Å²) in [5.41, 5.74) is 4.97. The lowest BCUT2D eigenvalue weighted by Gasteiger charge is -2.33. The molecule has 7 rings (SSSR count). The van der Waals surface area contributed by atoms with E-state index >= 15 is 4.39 Å². The molecular formula is C34H39FN8O3. The number of hydrogen-bond acceptors (Lipinski definition) is 8. The summed E-state index contributed by atoms with van der Waals surface area (Å²) in [4.78, 5) is 42.1. The molecule has 0 atom stereocenters. The molecule has 3 aromatic heterocycles. The third-order valence-electron chi connectivity index (χ3n) is 9.47. The number of rotatable bonds is 6. The van der Waals surface area contributed by atoms with Gasteiger partial charge in [0.25, 0.3) is 11.5 Å². The lowest BCUT2D eigenvalue weighted by Crippen LogP contribution is -2.44. The van der Waals surface area contributed by atoms with E-state index in [2.05, 4.69) is 50.5 Å². The summed E-state index contributed by atoms with van der Waals surface area (Å²) in [6, 6.07) is 8.29. The number of hydrogen-bond donors (Lipinski definition) is 2. The zero-order valence-electron chi connectivity index (χ0n) is 26.7. The normalized spacial score (nSPS) is 17.7. The van der Waals surface area contributed by atoms with Crippen molar-refractivity contribution in [2.45, 2.75) is 39.8 Å². The average molecular weight is 627 g/mol. The van der Waals surface area contributed by atoms with Crippen molar-refractivity contribution >= 4 is 28.9 Å². The maximum Gasteiger partial charge on any atom is 0.293 e. The predicted molar refractivity (Wildman–Crippen MR) is 175 cm³/mol. The van der Waals surface area contributed by atoms with E-state index in [4.69, 9.17) is 0 Å². The number of aliphatic hydroxyl groups excluding tert-OH is 1. The molecule has 46 heavy (non-hydrogen) atoms. The van der Waals surface area contributed by atoms with E-state index in [1.165, 1.54) is 34.2 Å². The Kier molecular flexibility index (Phi) is 7.44. The number of piperazine rings is 1. The minimum Gasteiger partial charge on any atom is -0.392 e. The molecule has 1 amide bonds. The summed E-state index contributed by atoms with van der Waals surface area (Å²) >= 11 is 0. The quantitative estimate of drug-likeness (QED) is 0.335. The average Bonchev–Trinajstić information content (AvgIpc) is 3.52. The molecular weight excluding hydrogens is 587 g/mol. The third kappa shape index (κ3) is 5.35. The van der Waals surface area contributed by atoms with Gasteiger partial charge in [-0.3, -0.25) is 9.59 Å². The highest BCUT2D eigenvalue weighted by atomic mass is 19.1. The number of pyridine rings is 1. The van der Waals surface area contributed by atoms with Crippen LogP contribution < -0.4 is 20.7 Å². The molecule has 12 heteroatoms. The first-order valence-electron chi connectivity index (χ1n) is 15.7. The second kappa shape index (κ2) is 11.4. The number of nitrogens with one attached hydrogen (secondary N) is 1. The number of carbonyl (C=O) groups excluding carboxylic acids is 1. The lowest BCUT2D eigenvalue weighted by atomic mass is 9.90. The Bertz CT molecular complexity index is 1890. The molecule has 240 valence electrons. The van der Waals surface area contributed by atoms with Crippen molar-refractivity contribution in [2.75, 3.05) is 54.9 Å². The van der Waals surface area contributed by atoms with Crippen LogP contribution in [0.5, 0.6) is 0 Å². The van der Waals surface area contributed by atoms with E-state index in [9.17, 15) is 14.7 Å². The highest BCUT2D eigenvalue weighted by molar-refractivity contribution is 6.07. The number of carbonyl (C=O) groups is 1. The van der Waals surface area contributed by atoms with Crippen LogP contribution >= 0.6 is 0 Å². The Morgan fingerprint density at radius 3 is 2.50 bits per heavy atom. The Hall–Kier alpha value is -4.55. The Balaban J connectivity index is 1.20. The number of halogens is 1. The summed E-state index contributed by atoms with van der Waals surface area (Å²) in [6.07, 6.45) is 5.09. The molecule has 0 radical (unpaired) electrons. The van der Waals surface area contributed by atoms with Gasteiger partial charge in [-0.2, -0.15) is 0 Å². The van der Waals surface area contributed by atoms with Crippen molar-refractivity contribution in [1.82, 2.24) is 24.0 Å². The van der Waals surface area contributed by atoms with Crippen LogP contribution in [0, 0.1) is 11.2 Å². The molecule has 11 nitrogen and oxygen atoms in total. The van der Waals surface area contributed by atoms with Crippen LogP contribution in [0.1, 0.15) is 41.2 Å². The SMILES string of the molecule is CN1CCN(c2ccc(Nc3nc(-c4cc(F)cc(N5CCn6c(cc7c6CC(C)(C)C7)C5=O)c4CO)cn(C)c3=O)nc2)CC1. The lowest BCUT2D eigenvalue weighted by molar-refractivity contribution is 0.0963. The van der Waals surface area contributed by atoms with Gasteiger partial charge in [-0.05, 0) is 61.2 Å². The minimum absolute atomic E-state index is 0.0128. The van der Waals surface area contributed by atoms with E-state index in [0.29, 0.717) is 41.4 Å². The molecule has 1 saturated heterocycles. The van der Waals surface area contributed by atoms with E-state index < -0.39 is 12.4 Å². The zero-order valence-corrected chi connectivity index (χ0v) is 26.7. The van der Waals surface area contributed by atoms with Crippen molar-refractivity contribution in [1.29, 1.82) is 0 Å². The fraction of sp³-hybridized carbons (Fsp3) is 0.412. The highest BCUT2D eigenvalue weighted by Gasteiger charge is 2.37. The number of fused-ring (bicyclic) bond motifs is 3. The number of benzene rings is 1. The molecule has 5 heterocycles. The van der Waals surface area contributed by atoms with Gasteiger partial charge in [-0.15, -0.1) is 0 Å². The van der Waals surface area contributed by atoms with E-state index in [-0.39, 0.29) is 28.4 Å². The van der Waals surface area contributed by atoms with Gasteiger partial charge in [0.15, 0.2) is 5.82 Å². The van der Waals surface area contributed by atoms with Gasteiger partial charge in [0.2, 0.25) is 0 Å². The van der Waals surface area contributed by atoms with Crippen LogP contribution in [0.3, 0.4) is 0 Å². The topological polar surface area (TPSA) is 112 Å². The van der Waals surface area contributed by atoms with Gasteiger partial charge in [0, 0.05) is 69.3 Å². The summed E-state index contributed by atoms with van der Waals surface area (Å²) in [7, 11) is 3.69. The van der Waals surface area contributed by atoms with Gasteiger partial charge in [0.1, 0.15) is 17.3 Å². The fourth-order valence-electron chi connectivity index (χ4n) is 7.05. The van der Waals surface area contributed by atoms with Crippen molar-refractivity contribution in [3.63, 3.8) is 0 Å². The summed E-state index contributed by atoms with van der Waals surface area (Å²) in [5.74, 6) is -0.351. The van der Waals surface area contributed by atoms with Gasteiger partial charge in [-0.1, -0.05) is 13.8 Å². The first-order chi connectivity index (χ1) is 22.0. The molecule has 0 unspecified atom stereocenters. The number of amides is 1. The Labute approximate surface area is 266 Å². The van der Waals surface area contributed by atoms with Crippen LogP contribution in [0.25, 0.3) is 11.3 Å². The van der Waals surface area contributed by atoms with Crippen LogP contribution in [-0.2, 0) is 33.0 Å². The smallest absolute Gasteiger partial charge is 0.293 e. The maximum absolute atomic E-state index is 15.3. The summed E-state index contributed by atoms with van der Waals surface area (Å²) < 4.78 is 18.8. The number of aromatic nitrogens is 4. The molecule has 0 saturated carbocycles. The number of anilines is 4. The fourth-order valence-corrected chi connectivity index (χ4v) is 7.05. The Morgan fingerprint density at radius 2 is 1.78 bits per heavy atom. The second-order valence-electron chi connectivity index (χ2n) is 13.4. The van der Waals surface area contributed by atoms with E-state index in [1.807, 2.05) is 12.1 Å². The highest BCUT2D eigenvalue weighted by Crippen LogP contribution is 2.40. The van der Waals surface area contributed by atoms with Gasteiger partial charge >= 0.3 is 0 Å². The molecule has 1 aromatic carbocycles. The van der Waals surface area contributed by atoms with E-state index in [1.54, 1.807) is 24.2 Å². The minimum atomic E-state index is -0.577. The molecule has 2 N–H and O–H groups in total. The predicted octanol–water partition coefficient (Wildman–Crippen LogP) is 3.56. The monoisotopic (exact) mass is 626 g/mol. The van der Waals surface area contributed by atoms with Crippen molar-refractivity contribution < 1.29 is 14.3 Å². The molecule has 0 spiro atoms. The Morgan fingerprint density at radius 1 is 1.00 bits per heavy atom. The largest absolute Gasteiger partial charge is 0.392 e. The molecule has 1 aliphatic carbocycles. The maximum atomic E-state index is 15.3. The number of nitrogens with zero attached hydrogens (tertiary/aromatic N) is 7. The van der Waals surface area contributed by atoms with Crippen LogP contribution in [0.2, 0.25) is 0 Å². The van der Waals surface area contributed by atoms with E-state index in [0.717, 1.165) is 44.7 Å². The van der Waals surface area contributed by atoms with Crippen molar-refractivity contribution in [2.24, 2.45) is 12.5 Å². The zero-order chi connectivity index (χ0) is 32.3. The molecule has 4 aromatic rings. The molecule has 3 aliphatic rings. The van der Waals surface area contributed by atoms with Gasteiger partial charge in [-0.25, -0.2) is 14.4 Å². The van der Waals surface area contributed by atoms with Crippen molar-refractivity contribution in [3.05, 3.63) is 81.4 Å². The third-order valence-corrected chi connectivity index (χ3v) is 9.47. The van der Waals surface area contributed by atoms with Crippen LogP contribution in [0.15, 0.2) is 47.5 Å². The van der Waals surface area contributed by atoms with Crippen molar-refractivity contribution in [3.8, 4) is 11.3 Å². The second-order valence-corrected chi connectivity index (χ2v) is 13.4. The molecule has 2 aliphatic heterocycles. The van der Waals surface area contributed by atoms with Crippen LogP contribution in [-0.4, -0.2) is 74.8 Å². The van der Waals surface area contributed by atoms with Gasteiger partial charge < -0.3 is 34.3 Å². The summed E-state index contributed by atoms with van der Waals surface area (Å²) in [5, 5.41) is 13.6. The standard InChI is InChI=1S/C34H39FN8O3/c1-34(2)16-21-13-28-32(45)43(12-11-42(28)29(21)17-34)27-15-22(35)14-24(25(27)20-44)26-19-40(4)33(46)31(37-26)38-30-6-5-23(18-36-30)41-9-7-39(3)8-10-41/h5-6,13-15,18-19,44H,7-12,16-17,20H2,1-4H3,(H,36,37,38). The number of likely N-dealkylation sites (N-methyl/N-ethyl adjacent to an activating group) is 1. The van der Waals surface area contributed by atoms with Crippen LogP contribution in [0.4, 0.5) is 27.4 Å². The number of aliphatic hydroxyl groups is 1. The number of aryl methyl sites for hydroxylation is 1. The first kappa shape index (κ1) is 30.1. The summed E-state index contributed by atoms with van der Waals surface area (Å²) in [6.45, 7) is 8.70.